The second kappa shape index (κ2) is 8.61. The molecule has 0 radical (unpaired) electrons. The number of likely N-dealkylation sites (tertiary alicyclic amines) is 1. The normalized spacial score (nSPS) is 22.8. The van der Waals surface area contributed by atoms with E-state index in [-0.39, 0.29) is 35.2 Å². The Bertz CT molecular complexity index is 1220. The van der Waals surface area contributed by atoms with Crippen LogP contribution in [-0.4, -0.2) is 62.7 Å². The predicted molar refractivity (Wildman–Crippen MR) is 122 cm³/mol. The molecular formula is C22H23ClF3N7O. The van der Waals surface area contributed by atoms with Gasteiger partial charge in [0.1, 0.15) is 12.1 Å². The number of alkyl halides is 3. The second-order valence-electron chi connectivity index (χ2n) is 8.76. The maximum atomic E-state index is 13.1. The number of carbonyl (C=O) groups is 1. The van der Waals surface area contributed by atoms with Crippen LogP contribution in [0.5, 0.6) is 0 Å². The number of nitrogens with zero attached hydrogens (tertiary/aromatic N) is 5. The third-order valence-electron chi connectivity index (χ3n) is 6.80. The lowest BCUT2D eigenvalue weighted by Crippen LogP contribution is -2.57. The van der Waals surface area contributed by atoms with E-state index in [0.29, 0.717) is 18.1 Å². The molecule has 0 saturated carbocycles. The molecule has 180 valence electrons. The zero-order valence-corrected chi connectivity index (χ0v) is 19.1. The van der Waals surface area contributed by atoms with Gasteiger partial charge in [0.2, 0.25) is 5.91 Å². The lowest BCUT2D eigenvalue weighted by atomic mass is 9.86. The molecule has 2 aromatic heterocycles. The Morgan fingerprint density at radius 2 is 2.03 bits per heavy atom. The van der Waals surface area contributed by atoms with Crippen LogP contribution >= 0.6 is 11.6 Å². The van der Waals surface area contributed by atoms with Crippen LogP contribution < -0.4 is 10.2 Å². The molecule has 2 fully saturated rings. The minimum atomic E-state index is -4.52. The van der Waals surface area contributed by atoms with Crippen molar-refractivity contribution in [1.82, 2.24) is 25.1 Å². The molecule has 3 atom stereocenters. The van der Waals surface area contributed by atoms with E-state index in [1.54, 1.807) is 11.1 Å². The highest BCUT2D eigenvalue weighted by atomic mass is 35.5. The fraction of sp³-hybridized carbons (Fsp3) is 0.455. The van der Waals surface area contributed by atoms with Crippen LogP contribution in [0.1, 0.15) is 25.3 Å². The van der Waals surface area contributed by atoms with Crippen molar-refractivity contribution in [3.63, 3.8) is 0 Å². The molecule has 12 heteroatoms. The molecule has 8 nitrogen and oxygen atoms in total. The Kier molecular flexibility index (Phi) is 5.75. The number of anilines is 2. The van der Waals surface area contributed by atoms with Gasteiger partial charge in [0, 0.05) is 29.8 Å². The van der Waals surface area contributed by atoms with Crippen molar-refractivity contribution in [1.29, 1.82) is 0 Å². The van der Waals surface area contributed by atoms with Crippen LogP contribution in [0.15, 0.2) is 30.7 Å². The van der Waals surface area contributed by atoms with Gasteiger partial charge >= 0.3 is 6.18 Å². The van der Waals surface area contributed by atoms with Gasteiger partial charge in [-0.3, -0.25) is 9.89 Å². The number of piperidine rings is 1. The molecule has 2 saturated heterocycles. The van der Waals surface area contributed by atoms with Crippen molar-refractivity contribution >= 4 is 40.0 Å². The molecule has 2 N–H and O–H groups in total. The van der Waals surface area contributed by atoms with E-state index in [9.17, 15) is 18.0 Å². The summed E-state index contributed by atoms with van der Waals surface area (Å²) in [6.45, 7) is 3.31. The number of aromatic amines is 1. The average Bonchev–Trinajstić information content (AvgIpc) is 3.44. The molecule has 1 aromatic carbocycles. The van der Waals surface area contributed by atoms with Crippen LogP contribution in [0.4, 0.5) is 24.7 Å². The Hall–Kier alpha value is -3.08. The summed E-state index contributed by atoms with van der Waals surface area (Å²) in [6.07, 6.45) is 0.547. The highest BCUT2D eigenvalue weighted by molar-refractivity contribution is 6.31. The molecular weight excluding hydrogens is 471 g/mol. The highest BCUT2D eigenvalue weighted by Crippen LogP contribution is 2.39. The fourth-order valence-electron chi connectivity index (χ4n) is 5.26. The molecule has 0 bridgehead atoms. The Morgan fingerprint density at radius 3 is 2.82 bits per heavy atom. The summed E-state index contributed by atoms with van der Waals surface area (Å²) in [4.78, 5) is 25.8. The fourth-order valence-corrected chi connectivity index (χ4v) is 5.49. The van der Waals surface area contributed by atoms with Crippen LogP contribution in [0.25, 0.3) is 11.0 Å². The van der Waals surface area contributed by atoms with E-state index in [1.807, 2.05) is 6.92 Å². The number of amides is 1. The number of H-pyrrole nitrogens is 1. The van der Waals surface area contributed by atoms with Crippen molar-refractivity contribution in [3.05, 3.63) is 41.3 Å². The number of nitrogens with one attached hydrogen (secondary N) is 2. The average molecular weight is 494 g/mol. The van der Waals surface area contributed by atoms with E-state index in [0.717, 1.165) is 42.7 Å². The number of hydrogen-bond acceptors (Lipinski definition) is 6. The van der Waals surface area contributed by atoms with Gasteiger partial charge in [0.15, 0.2) is 5.65 Å². The third kappa shape index (κ3) is 4.13. The molecule has 2 aliphatic heterocycles. The van der Waals surface area contributed by atoms with Gasteiger partial charge in [-0.2, -0.15) is 18.3 Å². The van der Waals surface area contributed by atoms with Crippen LogP contribution in [-0.2, 0) is 11.0 Å². The molecule has 0 aliphatic carbocycles. The molecule has 2 aliphatic rings. The monoisotopic (exact) mass is 493 g/mol. The Morgan fingerprint density at radius 1 is 1.24 bits per heavy atom. The Labute approximate surface area is 198 Å². The van der Waals surface area contributed by atoms with E-state index >= 15 is 0 Å². The Balaban J connectivity index is 1.31. The lowest BCUT2D eigenvalue weighted by Gasteiger charge is -2.44. The number of hydrogen-bond donors (Lipinski definition) is 2. The van der Waals surface area contributed by atoms with Gasteiger partial charge in [-0.05, 0) is 43.9 Å². The minimum absolute atomic E-state index is 0.0454. The van der Waals surface area contributed by atoms with Gasteiger partial charge in [0.25, 0.3) is 0 Å². The first-order chi connectivity index (χ1) is 16.2. The topological polar surface area (TPSA) is 90.0 Å². The summed E-state index contributed by atoms with van der Waals surface area (Å²) in [6, 6.07) is 3.18. The number of rotatable bonds is 4. The summed E-state index contributed by atoms with van der Waals surface area (Å²) >= 11 is 5.85. The van der Waals surface area contributed by atoms with Crippen molar-refractivity contribution in [3.8, 4) is 0 Å². The maximum absolute atomic E-state index is 13.1. The summed E-state index contributed by atoms with van der Waals surface area (Å²) < 4.78 is 39.3. The molecule has 4 heterocycles. The van der Waals surface area contributed by atoms with Gasteiger partial charge in [-0.1, -0.05) is 11.6 Å². The van der Waals surface area contributed by atoms with Gasteiger partial charge in [0.05, 0.1) is 29.7 Å². The number of carbonyl (C=O) groups excluding carboxylic acids is 1. The first kappa shape index (κ1) is 22.7. The highest BCUT2D eigenvalue weighted by Gasteiger charge is 2.45. The molecule has 5 rings (SSSR count). The molecule has 1 amide bonds. The van der Waals surface area contributed by atoms with E-state index < -0.39 is 11.7 Å². The van der Waals surface area contributed by atoms with Crippen molar-refractivity contribution in [2.75, 3.05) is 29.9 Å². The zero-order valence-electron chi connectivity index (χ0n) is 18.3. The quantitative estimate of drug-likeness (QED) is 0.572. The largest absolute Gasteiger partial charge is 0.416 e. The molecule has 0 spiro atoms. The van der Waals surface area contributed by atoms with Crippen LogP contribution in [0.2, 0.25) is 5.02 Å². The SMILES string of the molecule is CC1C2C(CCN1C(=O)CNc1cc(Cl)cc(C(F)(F)F)c1)CCN2c1ncnc2[nH]ncc12. The zero-order chi connectivity index (χ0) is 24.0. The second-order valence-corrected chi connectivity index (χ2v) is 9.20. The standard InChI is InChI=1S/C22H23ClF3N7O/c1-12-19-13(3-5-33(19)21-17-9-30-31-20(17)28-11-29-21)2-4-32(12)18(34)10-27-16-7-14(22(24,25)26)6-15(23)8-16/h6-9,11-13,19,27H,2-5,10H2,1H3,(H,28,29,30,31). The van der Waals surface area contributed by atoms with Gasteiger partial charge < -0.3 is 15.1 Å². The van der Waals surface area contributed by atoms with Crippen LogP contribution in [0.3, 0.4) is 0 Å². The summed E-state index contributed by atoms with van der Waals surface area (Å²) in [5.41, 5.74) is -0.0449. The number of aromatic nitrogens is 4. The molecule has 34 heavy (non-hydrogen) atoms. The third-order valence-corrected chi connectivity index (χ3v) is 7.02. The first-order valence-electron chi connectivity index (χ1n) is 11.0. The van der Waals surface area contributed by atoms with E-state index in [1.165, 1.54) is 12.4 Å². The number of fused-ring (bicyclic) bond motifs is 2. The van der Waals surface area contributed by atoms with Crippen LogP contribution in [0, 0.1) is 5.92 Å². The minimum Gasteiger partial charge on any atom is -0.376 e. The molecule has 3 unspecified atom stereocenters. The lowest BCUT2D eigenvalue weighted by molar-refractivity contribution is -0.137. The number of benzene rings is 1. The smallest absolute Gasteiger partial charge is 0.376 e. The van der Waals surface area contributed by atoms with Gasteiger partial charge in [-0.15, -0.1) is 0 Å². The van der Waals surface area contributed by atoms with Crippen molar-refractivity contribution in [2.24, 2.45) is 5.92 Å². The van der Waals surface area contributed by atoms with Gasteiger partial charge in [-0.25, -0.2) is 9.97 Å². The van der Waals surface area contributed by atoms with E-state index in [2.05, 4.69) is 30.4 Å². The number of halogens is 4. The summed E-state index contributed by atoms with van der Waals surface area (Å²) in [5, 5.41) is 10.5. The maximum Gasteiger partial charge on any atom is 0.416 e. The van der Waals surface area contributed by atoms with Crippen molar-refractivity contribution in [2.45, 2.75) is 38.0 Å². The summed E-state index contributed by atoms with van der Waals surface area (Å²) in [5.74, 6) is 1.04. The van der Waals surface area contributed by atoms with E-state index in [4.69, 9.17) is 11.6 Å². The van der Waals surface area contributed by atoms with Crippen molar-refractivity contribution < 1.29 is 18.0 Å². The summed E-state index contributed by atoms with van der Waals surface area (Å²) in [7, 11) is 0. The predicted octanol–water partition coefficient (Wildman–Crippen LogP) is 3.95. The molecule has 3 aromatic rings. The first-order valence-corrected chi connectivity index (χ1v) is 11.4.